The zero-order valence-corrected chi connectivity index (χ0v) is 11.8. The van der Waals surface area contributed by atoms with E-state index >= 15 is 0 Å². The monoisotopic (exact) mass is 256 g/mol. The first-order valence-electron chi connectivity index (χ1n) is 6.60. The molecule has 0 radical (unpaired) electrons. The molecule has 0 aliphatic rings. The van der Waals surface area contributed by atoms with Crippen LogP contribution in [0.15, 0.2) is 30.6 Å². The van der Waals surface area contributed by atoms with Gasteiger partial charge in [-0.05, 0) is 25.0 Å². The van der Waals surface area contributed by atoms with E-state index in [0.29, 0.717) is 19.3 Å². The molecular weight excluding hydrogens is 236 g/mol. The number of nitrogens with zero attached hydrogens (tertiary/aromatic N) is 2. The summed E-state index contributed by atoms with van der Waals surface area (Å²) in [5, 5.41) is 0. The Balaban J connectivity index is 1.94. The summed E-state index contributed by atoms with van der Waals surface area (Å²) >= 11 is 0. The van der Waals surface area contributed by atoms with Crippen molar-refractivity contribution in [1.29, 1.82) is 0 Å². The van der Waals surface area contributed by atoms with Crippen LogP contribution in [0.5, 0.6) is 0 Å². The van der Waals surface area contributed by atoms with Crippen LogP contribution in [0, 0.1) is 13.8 Å². The van der Waals surface area contributed by atoms with Crippen molar-refractivity contribution in [1.82, 2.24) is 9.55 Å². The molecule has 1 heterocycles. The average molecular weight is 256 g/mol. The van der Waals surface area contributed by atoms with Crippen molar-refractivity contribution in [2.75, 3.05) is 0 Å². The number of hydrogen-bond donors (Lipinski definition) is 0. The SMILES string of the molecule is Cc1ccc(C)c(CC(=O)CCc2nccn2C)c1. The number of aryl methyl sites for hydroxylation is 4. The van der Waals surface area contributed by atoms with Gasteiger partial charge in [0.2, 0.25) is 0 Å². The van der Waals surface area contributed by atoms with Gasteiger partial charge in [0.1, 0.15) is 11.6 Å². The number of benzene rings is 1. The first-order chi connectivity index (χ1) is 9.06. The minimum absolute atomic E-state index is 0.275. The van der Waals surface area contributed by atoms with E-state index in [-0.39, 0.29) is 5.78 Å². The Kier molecular flexibility index (Phi) is 4.15. The molecule has 0 saturated carbocycles. The van der Waals surface area contributed by atoms with E-state index in [4.69, 9.17) is 0 Å². The molecule has 0 bridgehead atoms. The molecule has 0 fully saturated rings. The highest BCUT2D eigenvalue weighted by Crippen LogP contribution is 2.13. The highest BCUT2D eigenvalue weighted by Gasteiger charge is 2.08. The van der Waals surface area contributed by atoms with E-state index in [1.54, 1.807) is 6.20 Å². The Bertz CT molecular complexity index is 584. The second-order valence-corrected chi connectivity index (χ2v) is 5.10. The van der Waals surface area contributed by atoms with E-state index < -0.39 is 0 Å². The van der Waals surface area contributed by atoms with Gasteiger partial charge in [0, 0.05) is 38.7 Å². The highest BCUT2D eigenvalue weighted by molar-refractivity contribution is 5.81. The number of aromatic nitrogens is 2. The quantitative estimate of drug-likeness (QED) is 0.824. The Morgan fingerprint density at radius 3 is 2.79 bits per heavy atom. The molecule has 0 amide bonds. The number of imidazole rings is 1. The molecule has 0 N–H and O–H groups in total. The summed E-state index contributed by atoms with van der Waals surface area (Å²) in [5.74, 6) is 1.24. The van der Waals surface area contributed by atoms with Crippen LogP contribution < -0.4 is 0 Å². The standard InChI is InChI=1S/C16H20N2O/c1-12-4-5-13(2)14(10-12)11-15(19)6-7-16-17-8-9-18(16)3/h4-5,8-10H,6-7,11H2,1-3H3. The molecule has 0 unspecified atom stereocenters. The van der Waals surface area contributed by atoms with E-state index in [9.17, 15) is 4.79 Å². The fourth-order valence-electron chi connectivity index (χ4n) is 2.18. The zero-order valence-electron chi connectivity index (χ0n) is 11.8. The second-order valence-electron chi connectivity index (χ2n) is 5.10. The van der Waals surface area contributed by atoms with Crippen LogP contribution in [-0.2, 0) is 24.7 Å². The molecule has 0 saturated heterocycles. The lowest BCUT2D eigenvalue weighted by atomic mass is 9.99. The molecule has 0 aliphatic carbocycles. The van der Waals surface area contributed by atoms with Gasteiger partial charge < -0.3 is 4.57 Å². The molecule has 100 valence electrons. The molecule has 3 heteroatoms. The summed E-state index contributed by atoms with van der Waals surface area (Å²) in [6.07, 6.45) is 5.47. The van der Waals surface area contributed by atoms with Crippen LogP contribution >= 0.6 is 0 Å². The number of rotatable bonds is 5. The molecule has 1 aromatic carbocycles. The largest absolute Gasteiger partial charge is 0.338 e. The van der Waals surface area contributed by atoms with Crippen LogP contribution in [0.25, 0.3) is 0 Å². The van der Waals surface area contributed by atoms with Gasteiger partial charge in [0.15, 0.2) is 0 Å². The third kappa shape index (κ3) is 3.53. The molecule has 2 rings (SSSR count). The Morgan fingerprint density at radius 1 is 1.32 bits per heavy atom. The van der Waals surface area contributed by atoms with Gasteiger partial charge in [-0.25, -0.2) is 4.98 Å². The van der Waals surface area contributed by atoms with Gasteiger partial charge in [-0.2, -0.15) is 0 Å². The Hall–Kier alpha value is -1.90. The Morgan fingerprint density at radius 2 is 2.11 bits per heavy atom. The topological polar surface area (TPSA) is 34.9 Å². The number of ketones is 1. The lowest BCUT2D eigenvalue weighted by Gasteiger charge is -2.06. The van der Waals surface area contributed by atoms with Gasteiger partial charge in [0.05, 0.1) is 0 Å². The third-order valence-corrected chi connectivity index (χ3v) is 3.44. The molecule has 1 aromatic heterocycles. The summed E-state index contributed by atoms with van der Waals surface area (Å²) in [4.78, 5) is 16.3. The number of Topliss-reactive ketones (excluding diaryl/α,β-unsaturated/α-hetero) is 1. The van der Waals surface area contributed by atoms with Crippen molar-refractivity contribution in [3.05, 3.63) is 53.1 Å². The van der Waals surface area contributed by atoms with Crippen LogP contribution in [-0.4, -0.2) is 15.3 Å². The number of carbonyl (C=O) groups excluding carboxylic acids is 1. The first-order valence-corrected chi connectivity index (χ1v) is 6.60. The van der Waals surface area contributed by atoms with Crippen LogP contribution in [0.4, 0.5) is 0 Å². The highest BCUT2D eigenvalue weighted by atomic mass is 16.1. The van der Waals surface area contributed by atoms with Gasteiger partial charge in [-0.3, -0.25) is 4.79 Å². The summed E-state index contributed by atoms with van der Waals surface area (Å²) in [6.45, 7) is 4.11. The lowest BCUT2D eigenvalue weighted by molar-refractivity contribution is -0.118. The van der Waals surface area contributed by atoms with Crippen LogP contribution in [0.3, 0.4) is 0 Å². The summed E-state index contributed by atoms with van der Waals surface area (Å²) < 4.78 is 1.96. The predicted octanol–water partition coefficient (Wildman–Crippen LogP) is 2.78. The third-order valence-electron chi connectivity index (χ3n) is 3.44. The van der Waals surface area contributed by atoms with Crippen molar-refractivity contribution in [2.45, 2.75) is 33.1 Å². The van der Waals surface area contributed by atoms with E-state index in [2.05, 4.69) is 37.0 Å². The van der Waals surface area contributed by atoms with Gasteiger partial charge in [-0.15, -0.1) is 0 Å². The maximum absolute atomic E-state index is 12.0. The average Bonchev–Trinajstić information content (AvgIpc) is 2.77. The second kappa shape index (κ2) is 5.83. The number of hydrogen-bond acceptors (Lipinski definition) is 2. The van der Waals surface area contributed by atoms with Gasteiger partial charge >= 0.3 is 0 Å². The van der Waals surface area contributed by atoms with Crippen LogP contribution in [0.1, 0.15) is 28.9 Å². The number of carbonyl (C=O) groups is 1. The maximum atomic E-state index is 12.0. The van der Waals surface area contributed by atoms with Crippen molar-refractivity contribution >= 4 is 5.78 Å². The van der Waals surface area contributed by atoms with Crippen LogP contribution in [0.2, 0.25) is 0 Å². The van der Waals surface area contributed by atoms with Gasteiger partial charge in [-0.1, -0.05) is 23.8 Å². The molecule has 2 aromatic rings. The van der Waals surface area contributed by atoms with Gasteiger partial charge in [0.25, 0.3) is 0 Å². The molecule has 0 aliphatic heterocycles. The first kappa shape index (κ1) is 13.5. The van der Waals surface area contributed by atoms with E-state index in [0.717, 1.165) is 11.4 Å². The zero-order chi connectivity index (χ0) is 13.8. The van der Waals surface area contributed by atoms with Crippen molar-refractivity contribution < 1.29 is 4.79 Å². The molecule has 0 spiro atoms. The molecule has 19 heavy (non-hydrogen) atoms. The maximum Gasteiger partial charge on any atom is 0.137 e. The predicted molar refractivity (Wildman–Crippen MR) is 76.2 cm³/mol. The molecular formula is C16H20N2O. The van der Waals surface area contributed by atoms with Crippen molar-refractivity contribution in [3.8, 4) is 0 Å². The summed E-state index contributed by atoms with van der Waals surface area (Å²) in [5.41, 5.74) is 3.54. The minimum Gasteiger partial charge on any atom is -0.338 e. The summed E-state index contributed by atoms with van der Waals surface area (Å²) in [6, 6.07) is 6.27. The normalized spacial score (nSPS) is 10.7. The minimum atomic E-state index is 0.275. The van der Waals surface area contributed by atoms with E-state index in [1.807, 2.05) is 17.8 Å². The Labute approximate surface area is 114 Å². The lowest BCUT2D eigenvalue weighted by Crippen LogP contribution is -2.08. The van der Waals surface area contributed by atoms with E-state index in [1.165, 1.54) is 11.1 Å². The fraction of sp³-hybridized carbons (Fsp3) is 0.375. The molecule has 3 nitrogen and oxygen atoms in total. The van der Waals surface area contributed by atoms with Crippen molar-refractivity contribution in [2.24, 2.45) is 7.05 Å². The fourth-order valence-corrected chi connectivity index (χ4v) is 2.18. The smallest absolute Gasteiger partial charge is 0.137 e. The van der Waals surface area contributed by atoms with Crippen molar-refractivity contribution in [3.63, 3.8) is 0 Å². The summed E-state index contributed by atoms with van der Waals surface area (Å²) in [7, 11) is 1.96. The molecule has 0 atom stereocenters.